The first kappa shape index (κ1) is 5.50. The van der Waals surface area contributed by atoms with Crippen molar-refractivity contribution < 1.29 is 4.52 Å². The fourth-order valence-corrected chi connectivity index (χ4v) is 0.684. The molecule has 4 heteroatoms. The molecule has 0 atom stereocenters. The standard InChI is InChI=1S/C4H6N2OS/c1-8-6-4-2-3-7-5-4/h2-3H,1H3,(H,5,6). The van der Waals surface area contributed by atoms with Crippen LogP contribution in [0.25, 0.3) is 0 Å². The first-order valence-corrected chi connectivity index (χ1v) is 3.35. The highest BCUT2D eigenvalue weighted by atomic mass is 32.2. The van der Waals surface area contributed by atoms with E-state index in [1.54, 1.807) is 6.07 Å². The lowest BCUT2D eigenvalue weighted by Gasteiger charge is -1.89. The molecule has 0 amide bonds. The number of aromatic nitrogens is 1. The Balaban J connectivity index is 2.50. The van der Waals surface area contributed by atoms with Gasteiger partial charge in [-0.2, -0.15) is 0 Å². The zero-order valence-electron chi connectivity index (χ0n) is 4.42. The van der Waals surface area contributed by atoms with Crippen LogP contribution in [0, 0.1) is 0 Å². The van der Waals surface area contributed by atoms with Gasteiger partial charge < -0.3 is 9.25 Å². The van der Waals surface area contributed by atoms with Gasteiger partial charge in [-0.1, -0.05) is 17.1 Å². The SMILES string of the molecule is CSNc1ccon1. The smallest absolute Gasteiger partial charge is 0.179 e. The average Bonchev–Trinajstić information content (AvgIpc) is 2.19. The van der Waals surface area contributed by atoms with E-state index >= 15 is 0 Å². The van der Waals surface area contributed by atoms with Gasteiger partial charge in [-0.05, 0) is 0 Å². The average molecular weight is 130 g/mol. The second kappa shape index (κ2) is 2.61. The number of hydrogen-bond acceptors (Lipinski definition) is 4. The first-order chi connectivity index (χ1) is 3.93. The van der Waals surface area contributed by atoms with Gasteiger partial charge in [0, 0.05) is 12.3 Å². The van der Waals surface area contributed by atoms with Crippen LogP contribution in [0.1, 0.15) is 0 Å². The Morgan fingerprint density at radius 1 is 1.88 bits per heavy atom. The van der Waals surface area contributed by atoms with Gasteiger partial charge in [0.1, 0.15) is 6.26 Å². The van der Waals surface area contributed by atoms with E-state index < -0.39 is 0 Å². The lowest BCUT2D eigenvalue weighted by Crippen LogP contribution is -1.81. The Labute approximate surface area is 51.6 Å². The van der Waals surface area contributed by atoms with Gasteiger partial charge in [0.05, 0.1) is 0 Å². The second-order valence-electron chi connectivity index (χ2n) is 1.19. The van der Waals surface area contributed by atoms with Crippen molar-refractivity contribution >= 4 is 17.8 Å². The molecule has 1 N–H and O–H groups in total. The maximum atomic E-state index is 4.54. The lowest BCUT2D eigenvalue weighted by atomic mass is 10.7. The number of nitrogens with one attached hydrogen (secondary N) is 1. The van der Waals surface area contributed by atoms with E-state index in [2.05, 4.69) is 14.4 Å². The van der Waals surface area contributed by atoms with Gasteiger partial charge in [0.15, 0.2) is 5.82 Å². The normalized spacial score (nSPS) is 9.12. The van der Waals surface area contributed by atoms with E-state index in [0.29, 0.717) is 0 Å². The molecule has 44 valence electrons. The van der Waals surface area contributed by atoms with Crippen molar-refractivity contribution in [2.75, 3.05) is 11.0 Å². The molecule has 3 nitrogen and oxygen atoms in total. The monoisotopic (exact) mass is 130 g/mol. The summed E-state index contributed by atoms with van der Waals surface area (Å²) in [6.45, 7) is 0. The summed E-state index contributed by atoms with van der Waals surface area (Å²) in [5.41, 5.74) is 0. The van der Waals surface area contributed by atoms with Gasteiger partial charge >= 0.3 is 0 Å². The van der Waals surface area contributed by atoms with Crippen LogP contribution < -0.4 is 4.72 Å². The van der Waals surface area contributed by atoms with Crippen molar-refractivity contribution in [3.63, 3.8) is 0 Å². The summed E-state index contributed by atoms with van der Waals surface area (Å²) in [5.74, 6) is 0.762. The molecule has 0 aliphatic heterocycles. The Morgan fingerprint density at radius 3 is 3.25 bits per heavy atom. The molecule has 0 radical (unpaired) electrons. The predicted molar refractivity (Wildman–Crippen MR) is 33.6 cm³/mol. The Morgan fingerprint density at radius 2 is 2.75 bits per heavy atom. The first-order valence-electron chi connectivity index (χ1n) is 2.13. The van der Waals surface area contributed by atoms with E-state index in [-0.39, 0.29) is 0 Å². The fourth-order valence-electron chi connectivity index (χ4n) is 0.370. The van der Waals surface area contributed by atoms with Crippen LogP contribution in [0.15, 0.2) is 16.9 Å². The van der Waals surface area contributed by atoms with E-state index in [0.717, 1.165) is 5.82 Å². The Hall–Kier alpha value is -0.640. The summed E-state index contributed by atoms with van der Waals surface area (Å²) < 4.78 is 7.44. The van der Waals surface area contributed by atoms with E-state index in [1.165, 1.54) is 18.2 Å². The molecule has 0 aliphatic carbocycles. The molecule has 0 bridgehead atoms. The Bertz CT molecular complexity index is 140. The van der Waals surface area contributed by atoms with Crippen LogP contribution in [0.2, 0.25) is 0 Å². The van der Waals surface area contributed by atoms with Gasteiger partial charge in [-0.15, -0.1) is 0 Å². The molecule has 0 fully saturated rings. The quantitative estimate of drug-likeness (QED) is 0.613. The number of anilines is 1. The molecule has 0 spiro atoms. The molecule has 1 heterocycles. The zero-order valence-corrected chi connectivity index (χ0v) is 5.23. The molecule has 1 aromatic rings. The largest absolute Gasteiger partial charge is 0.363 e. The van der Waals surface area contributed by atoms with E-state index in [9.17, 15) is 0 Å². The van der Waals surface area contributed by atoms with Crippen LogP contribution in [-0.4, -0.2) is 11.4 Å². The fraction of sp³-hybridized carbons (Fsp3) is 0.250. The lowest BCUT2D eigenvalue weighted by molar-refractivity contribution is 0.423. The number of nitrogens with zero attached hydrogens (tertiary/aromatic N) is 1. The van der Waals surface area contributed by atoms with Crippen molar-refractivity contribution in [2.45, 2.75) is 0 Å². The minimum absolute atomic E-state index is 0.762. The molecule has 1 rings (SSSR count). The summed E-state index contributed by atoms with van der Waals surface area (Å²) in [6.07, 6.45) is 3.45. The van der Waals surface area contributed by atoms with Crippen LogP contribution >= 0.6 is 11.9 Å². The van der Waals surface area contributed by atoms with Crippen LogP contribution in [0.4, 0.5) is 5.82 Å². The van der Waals surface area contributed by atoms with Gasteiger partial charge in [0.2, 0.25) is 0 Å². The van der Waals surface area contributed by atoms with Crippen LogP contribution in [0.5, 0.6) is 0 Å². The molecule has 0 unspecified atom stereocenters. The summed E-state index contributed by atoms with van der Waals surface area (Å²) in [4.78, 5) is 0. The summed E-state index contributed by atoms with van der Waals surface area (Å²) in [5, 5.41) is 3.60. The number of rotatable bonds is 2. The van der Waals surface area contributed by atoms with Crippen molar-refractivity contribution in [1.82, 2.24) is 5.16 Å². The Kier molecular flexibility index (Phi) is 1.80. The van der Waals surface area contributed by atoms with E-state index in [4.69, 9.17) is 0 Å². The second-order valence-corrected chi connectivity index (χ2v) is 1.80. The minimum atomic E-state index is 0.762. The van der Waals surface area contributed by atoms with E-state index in [1.807, 2.05) is 6.26 Å². The molecular weight excluding hydrogens is 124 g/mol. The third-order valence-corrected chi connectivity index (χ3v) is 1.06. The van der Waals surface area contributed by atoms with Gasteiger partial charge in [-0.25, -0.2) is 0 Å². The van der Waals surface area contributed by atoms with Crippen LogP contribution in [-0.2, 0) is 0 Å². The topological polar surface area (TPSA) is 38.1 Å². The molecule has 8 heavy (non-hydrogen) atoms. The molecule has 0 aliphatic rings. The highest BCUT2D eigenvalue weighted by Crippen LogP contribution is 2.04. The molecule has 0 aromatic carbocycles. The summed E-state index contributed by atoms with van der Waals surface area (Å²) >= 11 is 1.49. The van der Waals surface area contributed by atoms with Gasteiger partial charge in [-0.3, -0.25) is 0 Å². The maximum absolute atomic E-state index is 4.54. The predicted octanol–water partition coefficient (Wildman–Crippen LogP) is 1.36. The third kappa shape index (κ3) is 1.16. The summed E-state index contributed by atoms with van der Waals surface area (Å²) in [7, 11) is 0. The highest BCUT2D eigenvalue weighted by Gasteiger charge is 1.88. The van der Waals surface area contributed by atoms with Crippen molar-refractivity contribution in [3.05, 3.63) is 12.3 Å². The van der Waals surface area contributed by atoms with Crippen molar-refractivity contribution in [3.8, 4) is 0 Å². The maximum Gasteiger partial charge on any atom is 0.179 e. The van der Waals surface area contributed by atoms with Crippen molar-refractivity contribution in [1.29, 1.82) is 0 Å². The summed E-state index contributed by atoms with van der Waals surface area (Å²) in [6, 6.07) is 1.76. The number of hydrogen-bond donors (Lipinski definition) is 1. The van der Waals surface area contributed by atoms with Crippen LogP contribution in [0.3, 0.4) is 0 Å². The highest BCUT2D eigenvalue weighted by molar-refractivity contribution is 7.99. The third-order valence-electron chi connectivity index (χ3n) is 0.644. The molecule has 1 aromatic heterocycles. The minimum Gasteiger partial charge on any atom is -0.363 e. The molecule has 0 saturated heterocycles. The molecule has 0 saturated carbocycles. The molecular formula is C4H6N2OS. The van der Waals surface area contributed by atoms with Gasteiger partial charge in [0.25, 0.3) is 0 Å². The van der Waals surface area contributed by atoms with Crippen molar-refractivity contribution in [2.24, 2.45) is 0 Å². The zero-order chi connectivity index (χ0) is 5.82.